The molecular weight excluding hydrogens is 326 g/mol. The minimum Gasteiger partial charge on any atom is -0.337 e. The molecule has 4 aliphatic rings. The van der Waals surface area contributed by atoms with E-state index in [4.69, 9.17) is 11.6 Å². The predicted octanol–water partition coefficient (Wildman–Crippen LogP) is 2.36. The Morgan fingerprint density at radius 1 is 1.21 bits per heavy atom. The van der Waals surface area contributed by atoms with Gasteiger partial charge in [0.1, 0.15) is 5.02 Å². The number of hydrogen-bond donors (Lipinski definition) is 1. The Hall–Kier alpha value is -1.33. The van der Waals surface area contributed by atoms with Crippen molar-refractivity contribution in [2.75, 3.05) is 26.2 Å². The maximum atomic E-state index is 12.9. The number of amides is 1. The molecule has 1 saturated carbocycles. The summed E-state index contributed by atoms with van der Waals surface area (Å²) in [5, 5.41) is 0.0743. The van der Waals surface area contributed by atoms with E-state index in [1.807, 2.05) is 4.90 Å². The highest BCUT2D eigenvalue weighted by molar-refractivity contribution is 6.30. The zero-order valence-corrected chi connectivity index (χ0v) is 14.6. The molecule has 0 unspecified atom stereocenters. The molecule has 4 heterocycles. The normalized spacial score (nSPS) is 27.8. The average molecular weight is 350 g/mol. The second kappa shape index (κ2) is 6.52. The summed E-state index contributed by atoms with van der Waals surface area (Å²) in [6.07, 6.45) is 7.99. The highest BCUT2D eigenvalue weighted by Crippen LogP contribution is 2.33. The quantitative estimate of drug-likeness (QED) is 0.911. The summed E-state index contributed by atoms with van der Waals surface area (Å²) in [5.74, 6) is 1.41. The minimum atomic E-state index is -0.351. The number of nitrogens with one attached hydrogen (secondary N) is 1. The number of pyridine rings is 1. The fourth-order valence-corrected chi connectivity index (χ4v) is 4.51. The van der Waals surface area contributed by atoms with Crippen LogP contribution in [0.1, 0.15) is 42.5 Å². The first-order valence-electron chi connectivity index (χ1n) is 9.01. The van der Waals surface area contributed by atoms with Gasteiger partial charge in [0.15, 0.2) is 0 Å². The van der Waals surface area contributed by atoms with E-state index in [1.165, 1.54) is 50.9 Å². The molecule has 1 N–H and O–H groups in total. The summed E-state index contributed by atoms with van der Waals surface area (Å²) < 4.78 is 0. The van der Waals surface area contributed by atoms with Crippen molar-refractivity contribution >= 4 is 17.5 Å². The average Bonchev–Trinajstić information content (AvgIpc) is 2.84. The third-order valence-electron chi connectivity index (χ3n) is 5.94. The zero-order valence-electron chi connectivity index (χ0n) is 13.8. The molecule has 5 rings (SSSR count). The molecule has 2 atom stereocenters. The second-order valence-electron chi connectivity index (χ2n) is 7.62. The Labute approximate surface area is 147 Å². The van der Waals surface area contributed by atoms with Crippen LogP contribution in [0.15, 0.2) is 17.1 Å². The van der Waals surface area contributed by atoms with Crippen LogP contribution in [-0.4, -0.2) is 52.9 Å². The van der Waals surface area contributed by atoms with Crippen LogP contribution in [0.5, 0.6) is 0 Å². The van der Waals surface area contributed by atoms with Gasteiger partial charge in [-0.25, -0.2) is 0 Å². The molecular formula is C18H24ClN3O2. The molecule has 24 heavy (non-hydrogen) atoms. The van der Waals surface area contributed by atoms with Gasteiger partial charge in [-0.1, -0.05) is 18.0 Å². The van der Waals surface area contributed by atoms with Crippen LogP contribution in [0.3, 0.4) is 0 Å². The Kier molecular flexibility index (Phi) is 4.39. The van der Waals surface area contributed by atoms with Gasteiger partial charge in [0.2, 0.25) is 0 Å². The van der Waals surface area contributed by atoms with E-state index >= 15 is 0 Å². The molecule has 1 amide bonds. The number of hydrogen-bond acceptors (Lipinski definition) is 3. The molecule has 6 heteroatoms. The first kappa shape index (κ1) is 16.2. The van der Waals surface area contributed by atoms with Gasteiger partial charge < -0.3 is 9.88 Å². The fourth-order valence-electron chi connectivity index (χ4n) is 4.34. The molecule has 1 aromatic heterocycles. The van der Waals surface area contributed by atoms with Crippen LogP contribution in [0.25, 0.3) is 0 Å². The Morgan fingerprint density at radius 2 is 2.04 bits per heavy atom. The van der Waals surface area contributed by atoms with E-state index in [2.05, 4.69) is 9.88 Å². The number of rotatable bonds is 3. The Balaban J connectivity index is 1.49. The molecule has 3 aliphatic heterocycles. The third kappa shape index (κ3) is 3.11. The second-order valence-corrected chi connectivity index (χ2v) is 8.03. The van der Waals surface area contributed by atoms with E-state index in [-0.39, 0.29) is 16.5 Å². The number of halogens is 1. The van der Waals surface area contributed by atoms with Gasteiger partial charge >= 0.3 is 0 Å². The van der Waals surface area contributed by atoms with Crippen LogP contribution in [0.2, 0.25) is 5.02 Å². The number of nitrogens with zero attached hydrogens (tertiary/aromatic N) is 2. The number of carbonyl (C=O) groups is 1. The molecule has 0 aromatic carbocycles. The number of carbonyl (C=O) groups excluding carboxylic acids is 1. The fraction of sp³-hybridized carbons (Fsp3) is 0.667. The lowest BCUT2D eigenvalue weighted by Crippen LogP contribution is -2.47. The number of piperidine rings is 1. The summed E-state index contributed by atoms with van der Waals surface area (Å²) in [7, 11) is 0. The van der Waals surface area contributed by atoms with E-state index in [0.717, 1.165) is 25.6 Å². The SMILES string of the molecule is O=C(c1c[nH]c(=O)c(Cl)c1)N1C[C@H]2CC[C@@H](C1)N(CC1CCC1)C2. The van der Waals surface area contributed by atoms with Crippen molar-refractivity contribution in [3.05, 3.63) is 33.2 Å². The summed E-state index contributed by atoms with van der Waals surface area (Å²) in [4.78, 5) is 31.4. The van der Waals surface area contributed by atoms with Gasteiger partial charge in [-0.05, 0) is 43.6 Å². The largest absolute Gasteiger partial charge is 0.337 e. The van der Waals surface area contributed by atoms with Crippen LogP contribution in [0.4, 0.5) is 0 Å². The van der Waals surface area contributed by atoms with Crippen molar-refractivity contribution in [3.63, 3.8) is 0 Å². The first-order chi connectivity index (χ1) is 11.6. The smallest absolute Gasteiger partial charge is 0.266 e. The van der Waals surface area contributed by atoms with Gasteiger partial charge in [-0.3, -0.25) is 14.5 Å². The lowest BCUT2D eigenvalue weighted by molar-refractivity contribution is 0.0717. The molecule has 5 nitrogen and oxygen atoms in total. The summed E-state index contributed by atoms with van der Waals surface area (Å²) in [5.41, 5.74) is 0.127. The summed E-state index contributed by atoms with van der Waals surface area (Å²) in [6.45, 7) is 3.93. The van der Waals surface area contributed by atoms with Gasteiger partial charge in [-0.15, -0.1) is 0 Å². The molecule has 0 spiro atoms. The van der Waals surface area contributed by atoms with Crippen LogP contribution < -0.4 is 5.56 Å². The lowest BCUT2D eigenvalue weighted by atomic mass is 9.83. The highest BCUT2D eigenvalue weighted by atomic mass is 35.5. The topological polar surface area (TPSA) is 56.4 Å². The minimum absolute atomic E-state index is 0.0180. The van der Waals surface area contributed by atoms with Gasteiger partial charge in [0, 0.05) is 38.4 Å². The monoisotopic (exact) mass is 349 g/mol. The number of aromatic amines is 1. The maximum absolute atomic E-state index is 12.9. The highest BCUT2D eigenvalue weighted by Gasteiger charge is 2.38. The van der Waals surface area contributed by atoms with E-state index < -0.39 is 0 Å². The van der Waals surface area contributed by atoms with E-state index in [0.29, 0.717) is 17.5 Å². The van der Waals surface area contributed by atoms with Crippen molar-refractivity contribution in [3.8, 4) is 0 Å². The van der Waals surface area contributed by atoms with Gasteiger partial charge in [0.25, 0.3) is 11.5 Å². The van der Waals surface area contributed by atoms with Crippen LogP contribution in [-0.2, 0) is 0 Å². The van der Waals surface area contributed by atoms with Gasteiger partial charge in [-0.2, -0.15) is 0 Å². The molecule has 1 aliphatic carbocycles. The van der Waals surface area contributed by atoms with Crippen LogP contribution >= 0.6 is 11.6 Å². The number of H-pyrrole nitrogens is 1. The molecule has 1 aromatic rings. The predicted molar refractivity (Wildman–Crippen MR) is 93.4 cm³/mol. The summed E-state index contributed by atoms with van der Waals surface area (Å²) in [6, 6.07) is 1.97. The molecule has 3 saturated heterocycles. The maximum Gasteiger partial charge on any atom is 0.266 e. The van der Waals surface area contributed by atoms with Crippen molar-refractivity contribution in [1.82, 2.24) is 14.8 Å². The zero-order chi connectivity index (χ0) is 16.7. The molecule has 130 valence electrons. The molecule has 2 bridgehead atoms. The lowest BCUT2D eigenvalue weighted by Gasteiger charge is -2.40. The van der Waals surface area contributed by atoms with Crippen molar-refractivity contribution < 1.29 is 4.79 Å². The van der Waals surface area contributed by atoms with Crippen molar-refractivity contribution in [2.45, 2.75) is 38.1 Å². The number of fused-ring (bicyclic) bond motifs is 4. The molecule has 0 radical (unpaired) electrons. The van der Waals surface area contributed by atoms with E-state index in [9.17, 15) is 9.59 Å². The Morgan fingerprint density at radius 3 is 2.75 bits per heavy atom. The van der Waals surface area contributed by atoms with E-state index in [1.54, 1.807) is 0 Å². The van der Waals surface area contributed by atoms with Gasteiger partial charge in [0.05, 0.1) is 5.56 Å². The Bertz CT molecular complexity index is 685. The summed E-state index contributed by atoms with van der Waals surface area (Å²) >= 11 is 5.88. The first-order valence-corrected chi connectivity index (χ1v) is 9.39. The van der Waals surface area contributed by atoms with Crippen molar-refractivity contribution in [2.24, 2.45) is 11.8 Å². The van der Waals surface area contributed by atoms with Crippen molar-refractivity contribution in [1.29, 1.82) is 0 Å². The van der Waals surface area contributed by atoms with Crippen LogP contribution in [0, 0.1) is 11.8 Å². The third-order valence-corrected chi connectivity index (χ3v) is 6.22. The standard InChI is InChI=1S/C18H24ClN3O2/c19-16-6-14(7-20-17(16)23)18(24)22-10-13-4-5-15(11-22)21(9-13)8-12-2-1-3-12/h6-7,12-13,15H,1-5,8-11H2,(H,20,23)/t13-,15-/m0/s1. The number of aromatic nitrogens is 1. The molecule has 4 fully saturated rings.